The molecule has 0 radical (unpaired) electrons. The van der Waals surface area contributed by atoms with Crippen LogP contribution in [0.3, 0.4) is 0 Å². The van der Waals surface area contributed by atoms with Crippen molar-refractivity contribution in [2.45, 2.75) is 34.6 Å². The number of aryl methyl sites for hydroxylation is 1. The van der Waals surface area contributed by atoms with Crippen LogP contribution in [0.2, 0.25) is 0 Å². The highest BCUT2D eigenvalue weighted by Crippen LogP contribution is 2.26. The van der Waals surface area contributed by atoms with Crippen LogP contribution < -0.4 is 0 Å². The molecule has 0 spiro atoms. The van der Waals surface area contributed by atoms with Crippen LogP contribution in [0.5, 0.6) is 0 Å². The molecular formula is C14H18O3. The fourth-order valence-corrected chi connectivity index (χ4v) is 1.64. The summed E-state index contributed by atoms with van der Waals surface area (Å²) in [4.78, 5) is 23.3. The molecule has 0 amide bonds. The van der Waals surface area contributed by atoms with E-state index in [1.165, 1.54) is 13.8 Å². The third-order valence-electron chi connectivity index (χ3n) is 3.40. The molecule has 0 heterocycles. The number of carbonyl (C=O) groups is 2. The molecule has 1 aromatic carbocycles. The Morgan fingerprint density at radius 1 is 1.06 bits per heavy atom. The van der Waals surface area contributed by atoms with Gasteiger partial charge in [0.15, 0.2) is 5.78 Å². The molecule has 0 aliphatic heterocycles. The lowest BCUT2D eigenvalue weighted by Crippen LogP contribution is -2.33. The van der Waals surface area contributed by atoms with E-state index in [-0.39, 0.29) is 5.78 Å². The quantitative estimate of drug-likeness (QED) is 0.646. The molecule has 0 aliphatic rings. The Hall–Kier alpha value is -1.64. The second-order valence-corrected chi connectivity index (χ2v) is 4.94. The molecule has 92 valence electrons. The Kier molecular flexibility index (Phi) is 3.41. The lowest BCUT2D eigenvalue weighted by Gasteiger charge is -2.20. The number of carbonyl (C=O) groups excluding carboxylic acids is 1. The fraction of sp³-hybridized carbons (Fsp3) is 0.429. The van der Waals surface area contributed by atoms with Gasteiger partial charge < -0.3 is 5.11 Å². The standard InChI is InChI=1S/C14H18O3/c1-8-6-7-11(10(3)9(8)2)12(15)14(4,5)13(16)17/h6-7H,1-5H3,(H,16,17). The number of rotatable bonds is 3. The molecule has 1 N–H and O–H groups in total. The van der Waals surface area contributed by atoms with Crippen molar-refractivity contribution in [1.29, 1.82) is 0 Å². The summed E-state index contributed by atoms with van der Waals surface area (Å²) in [5.41, 5.74) is 2.13. The van der Waals surface area contributed by atoms with Gasteiger partial charge in [-0.05, 0) is 51.3 Å². The maximum Gasteiger partial charge on any atom is 0.316 e. The molecule has 0 aliphatic carbocycles. The number of benzene rings is 1. The minimum Gasteiger partial charge on any atom is -0.481 e. The van der Waals surface area contributed by atoms with Crippen molar-refractivity contribution in [3.8, 4) is 0 Å². The van der Waals surface area contributed by atoms with Crippen molar-refractivity contribution in [2.75, 3.05) is 0 Å². The summed E-state index contributed by atoms with van der Waals surface area (Å²) in [6.45, 7) is 8.64. The van der Waals surface area contributed by atoms with Crippen molar-refractivity contribution in [2.24, 2.45) is 5.41 Å². The van der Waals surface area contributed by atoms with Gasteiger partial charge in [0.25, 0.3) is 0 Å². The molecule has 0 aromatic heterocycles. The van der Waals surface area contributed by atoms with Gasteiger partial charge in [0, 0.05) is 5.56 Å². The Morgan fingerprint density at radius 2 is 1.59 bits per heavy atom. The maximum absolute atomic E-state index is 12.2. The van der Waals surface area contributed by atoms with Crippen LogP contribution in [0, 0.1) is 26.2 Å². The smallest absolute Gasteiger partial charge is 0.316 e. The average molecular weight is 234 g/mol. The van der Waals surface area contributed by atoms with Crippen LogP contribution in [0.1, 0.15) is 40.9 Å². The monoisotopic (exact) mass is 234 g/mol. The second-order valence-electron chi connectivity index (χ2n) is 4.94. The highest BCUT2D eigenvalue weighted by Gasteiger charge is 2.37. The molecule has 1 rings (SSSR count). The number of carboxylic acids is 1. The lowest BCUT2D eigenvalue weighted by atomic mass is 9.82. The van der Waals surface area contributed by atoms with E-state index < -0.39 is 11.4 Å². The molecule has 3 heteroatoms. The molecule has 0 fully saturated rings. The van der Waals surface area contributed by atoms with Crippen molar-refractivity contribution in [1.82, 2.24) is 0 Å². The maximum atomic E-state index is 12.2. The number of carboxylic acid groups (broad SMARTS) is 1. The zero-order valence-electron chi connectivity index (χ0n) is 10.9. The van der Waals surface area contributed by atoms with E-state index in [0.717, 1.165) is 16.7 Å². The molecule has 0 bridgehead atoms. The van der Waals surface area contributed by atoms with Crippen LogP contribution in [0.25, 0.3) is 0 Å². The van der Waals surface area contributed by atoms with Crippen molar-refractivity contribution < 1.29 is 14.7 Å². The van der Waals surface area contributed by atoms with Crippen LogP contribution in [-0.4, -0.2) is 16.9 Å². The first kappa shape index (κ1) is 13.4. The van der Waals surface area contributed by atoms with Gasteiger partial charge in [0.1, 0.15) is 5.41 Å². The molecule has 0 unspecified atom stereocenters. The number of Topliss-reactive ketones (excluding diaryl/α,β-unsaturated/α-hetero) is 1. The number of hydrogen-bond acceptors (Lipinski definition) is 2. The largest absolute Gasteiger partial charge is 0.481 e. The van der Waals surface area contributed by atoms with Gasteiger partial charge >= 0.3 is 5.97 Å². The highest BCUT2D eigenvalue weighted by atomic mass is 16.4. The van der Waals surface area contributed by atoms with Crippen molar-refractivity contribution >= 4 is 11.8 Å². The normalized spacial score (nSPS) is 11.4. The van der Waals surface area contributed by atoms with Crippen LogP contribution >= 0.6 is 0 Å². The third-order valence-corrected chi connectivity index (χ3v) is 3.40. The van der Waals surface area contributed by atoms with Gasteiger partial charge in [0.2, 0.25) is 0 Å². The van der Waals surface area contributed by atoms with E-state index in [1.807, 2.05) is 26.8 Å². The topological polar surface area (TPSA) is 54.4 Å². The van der Waals surface area contributed by atoms with E-state index >= 15 is 0 Å². The van der Waals surface area contributed by atoms with Gasteiger partial charge in [0.05, 0.1) is 0 Å². The van der Waals surface area contributed by atoms with Crippen molar-refractivity contribution in [3.05, 3.63) is 34.4 Å². The summed E-state index contributed by atoms with van der Waals surface area (Å²) in [6.07, 6.45) is 0. The number of hydrogen-bond donors (Lipinski definition) is 1. The minimum absolute atomic E-state index is 0.342. The summed E-state index contributed by atoms with van der Waals surface area (Å²) < 4.78 is 0. The molecule has 17 heavy (non-hydrogen) atoms. The first-order valence-corrected chi connectivity index (χ1v) is 5.54. The van der Waals surface area contributed by atoms with Gasteiger partial charge in [-0.25, -0.2) is 0 Å². The van der Waals surface area contributed by atoms with Crippen LogP contribution in [-0.2, 0) is 4.79 Å². The minimum atomic E-state index is -1.38. The highest BCUT2D eigenvalue weighted by molar-refractivity contribution is 6.12. The molecular weight excluding hydrogens is 216 g/mol. The Labute approximate surface area is 101 Å². The zero-order valence-corrected chi connectivity index (χ0v) is 10.9. The Balaban J connectivity index is 3.33. The molecule has 1 aromatic rings. The van der Waals surface area contributed by atoms with E-state index in [2.05, 4.69) is 0 Å². The first-order chi connectivity index (χ1) is 7.69. The lowest BCUT2D eigenvalue weighted by molar-refractivity contribution is -0.144. The molecule has 3 nitrogen and oxygen atoms in total. The SMILES string of the molecule is Cc1ccc(C(=O)C(C)(C)C(=O)O)c(C)c1C. The predicted octanol–water partition coefficient (Wildman–Crippen LogP) is 2.91. The summed E-state index contributed by atoms with van der Waals surface area (Å²) in [5.74, 6) is -1.44. The third kappa shape index (κ3) is 2.23. The van der Waals surface area contributed by atoms with Gasteiger partial charge in [-0.15, -0.1) is 0 Å². The van der Waals surface area contributed by atoms with E-state index in [9.17, 15) is 9.59 Å². The molecule has 0 saturated heterocycles. The van der Waals surface area contributed by atoms with Gasteiger partial charge in [-0.2, -0.15) is 0 Å². The Morgan fingerprint density at radius 3 is 2.06 bits per heavy atom. The fourth-order valence-electron chi connectivity index (χ4n) is 1.64. The van der Waals surface area contributed by atoms with Crippen molar-refractivity contribution in [3.63, 3.8) is 0 Å². The summed E-state index contributed by atoms with van der Waals surface area (Å²) in [7, 11) is 0. The summed E-state index contributed by atoms with van der Waals surface area (Å²) in [6, 6.07) is 3.57. The number of ketones is 1. The van der Waals surface area contributed by atoms with Gasteiger partial charge in [-0.3, -0.25) is 9.59 Å². The van der Waals surface area contributed by atoms with Gasteiger partial charge in [-0.1, -0.05) is 12.1 Å². The molecule has 0 saturated carbocycles. The average Bonchev–Trinajstić information content (AvgIpc) is 2.25. The first-order valence-electron chi connectivity index (χ1n) is 5.54. The van der Waals surface area contributed by atoms with E-state index in [0.29, 0.717) is 5.56 Å². The predicted molar refractivity (Wildman–Crippen MR) is 66.4 cm³/mol. The van der Waals surface area contributed by atoms with Crippen LogP contribution in [0.4, 0.5) is 0 Å². The zero-order chi connectivity index (χ0) is 13.4. The summed E-state index contributed by atoms with van der Waals surface area (Å²) >= 11 is 0. The summed E-state index contributed by atoms with van der Waals surface area (Å²) in [5, 5.41) is 9.07. The second kappa shape index (κ2) is 4.32. The molecule has 0 atom stereocenters. The Bertz CT molecular complexity index is 484. The number of aliphatic carboxylic acids is 1. The van der Waals surface area contributed by atoms with E-state index in [4.69, 9.17) is 5.11 Å². The van der Waals surface area contributed by atoms with Crippen LogP contribution in [0.15, 0.2) is 12.1 Å². The van der Waals surface area contributed by atoms with E-state index in [1.54, 1.807) is 6.07 Å².